The number of piperidine rings is 1. The van der Waals surface area contributed by atoms with Gasteiger partial charge in [-0.05, 0) is 43.7 Å². The lowest BCUT2D eigenvalue weighted by atomic mass is 9.82. The molecule has 3 fully saturated rings. The molecule has 2 saturated heterocycles. The number of amides is 1. The van der Waals surface area contributed by atoms with Crippen molar-refractivity contribution in [3.63, 3.8) is 0 Å². The molecular weight excluding hydrogens is 453 g/mol. The maximum Gasteiger partial charge on any atom is 0.490 e. The fraction of sp³-hybridized carbons (Fsp3) is 0.739. The highest BCUT2D eigenvalue weighted by Crippen LogP contribution is 2.36. The van der Waals surface area contributed by atoms with Crippen LogP contribution in [0.5, 0.6) is 0 Å². The smallest absolute Gasteiger partial charge is 0.475 e. The van der Waals surface area contributed by atoms with Crippen molar-refractivity contribution in [1.29, 1.82) is 0 Å². The molecular formula is C23H33F3N4O4. The third-order valence-electron chi connectivity index (χ3n) is 6.81. The van der Waals surface area contributed by atoms with Gasteiger partial charge in [-0.1, -0.05) is 19.3 Å². The summed E-state index contributed by atoms with van der Waals surface area (Å²) in [4.78, 5) is 32.2. The topological polar surface area (TPSA) is 105 Å². The first-order valence-corrected chi connectivity index (χ1v) is 11.9. The zero-order valence-corrected chi connectivity index (χ0v) is 19.2. The van der Waals surface area contributed by atoms with E-state index in [1.165, 1.54) is 38.6 Å². The van der Waals surface area contributed by atoms with Crippen LogP contribution in [0.3, 0.4) is 0 Å². The molecule has 34 heavy (non-hydrogen) atoms. The lowest BCUT2D eigenvalue weighted by molar-refractivity contribution is -0.192. The number of ether oxygens (including phenoxy) is 1. The van der Waals surface area contributed by atoms with E-state index in [4.69, 9.17) is 14.6 Å². The van der Waals surface area contributed by atoms with Crippen molar-refractivity contribution < 1.29 is 32.6 Å². The second kappa shape index (κ2) is 12.4. The molecule has 2 aliphatic heterocycles. The molecule has 1 aromatic heterocycles. The molecule has 0 bridgehead atoms. The van der Waals surface area contributed by atoms with Crippen LogP contribution in [0.15, 0.2) is 18.5 Å². The fourth-order valence-corrected chi connectivity index (χ4v) is 5.13. The van der Waals surface area contributed by atoms with Gasteiger partial charge in [0.1, 0.15) is 5.82 Å². The van der Waals surface area contributed by atoms with Crippen LogP contribution in [0.1, 0.15) is 50.8 Å². The van der Waals surface area contributed by atoms with Gasteiger partial charge in [-0.25, -0.2) is 14.8 Å². The third kappa shape index (κ3) is 8.19. The van der Waals surface area contributed by atoms with Gasteiger partial charge in [-0.2, -0.15) is 13.2 Å². The Labute approximate surface area is 197 Å². The van der Waals surface area contributed by atoms with Crippen LogP contribution in [0.25, 0.3) is 0 Å². The molecule has 1 aromatic rings. The maximum atomic E-state index is 12.3. The number of halogens is 3. The largest absolute Gasteiger partial charge is 0.490 e. The summed E-state index contributed by atoms with van der Waals surface area (Å²) in [5.74, 6) is -0.0411. The van der Waals surface area contributed by atoms with Crippen LogP contribution in [-0.4, -0.2) is 70.4 Å². The zero-order valence-electron chi connectivity index (χ0n) is 19.2. The summed E-state index contributed by atoms with van der Waals surface area (Å²) in [6.45, 7) is 4.78. The summed E-state index contributed by atoms with van der Waals surface area (Å²) < 4.78 is 37.8. The normalized spacial score (nSPS) is 25.7. The molecule has 0 spiro atoms. The van der Waals surface area contributed by atoms with E-state index < -0.39 is 12.1 Å². The molecule has 4 rings (SSSR count). The number of carboxylic acid groups (broad SMARTS) is 1. The minimum atomic E-state index is -5.08. The number of likely N-dealkylation sites (tertiary alicyclic amines) is 1. The fourth-order valence-electron chi connectivity index (χ4n) is 5.13. The second-order valence-corrected chi connectivity index (χ2v) is 9.30. The van der Waals surface area contributed by atoms with Gasteiger partial charge in [-0.15, -0.1) is 0 Å². The van der Waals surface area contributed by atoms with Gasteiger partial charge < -0.3 is 20.1 Å². The highest BCUT2D eigenvalue weighted by molar-refractivity contribution is 5.76. The summed E-state index contributed by atoms with van der Waals surface area (Å²) in [7, 11) is 0. The van der Waals surface area contributed by atoms with Crippen molar-refractivity contribution in [2.45, 2.75) is 63.8 Å². The van der Waals surface area contributed by atoms with Gasteiger partial charge in [0.25, 0.3) is 0 Å². The SMILES string of the molecule is O=C(C[C@@H]1OC[C@H]2CN(CC3CCCCC3)CC[C@H]21)NCc1ncccn1.O=C(O)C(F)(F)F. The van der Waals surface area contributed by atoms with E-state index in [0.29, 0.717) is 30.6 Å². The molecule has 2 N–H and O–H groups in total. The maximum absolute atomic E-state index is 12.3. The summed E-state index contributed by atoms with van der Waals surface area (Å²) >= 11 is 0. The zero-order chi connectivity index (χ0) is 24.6. The van der Waals surface area contributed by atoms with Crippen molar-refractivity contribution in [1.82, 2.24) is 20.2 Å². The van der Waals surface area contributed by atoms with Crippen LogP contribution in [0, 0.1) is 17.8 Å². The van der Waals surface area contributed by atoms with Gasteiger partial charge in [-0.3, -0.25) is 4.79 Å². The monoisotopic (exact) mass is 486 g/mol. The van der Waals surface area contributed by atoms with Gasteiger partial charge in [0.15, 0.2) is 0 Å². The lowest BCUT2D eigenvalue weighted by Crippen LogP contribution is -2.44. The molecule has 1 amide bonds. The minimum absolute atomic E-state index is 0.0396. The summed E-state index contributed by atoms with van der Waals surface area (Å²) in [5.41, 5.74) is 0. The summed E-state index contributed by atoms with van der Waals surface area (Å²) in [6, 6.07) is 1.78. The number of aliphatic carboxylic acids is 1. The van der Waals surface area contributed by atoms with Crippen LogP contribution in [-0.2, 0) is 20.9 Å². The first kappa shape index (κ1) is 26.3. The van der Waals surface area contributed by atoms with Gasteiger partial charge in [0.2, 0.25) is 5.91 Å². The lowest BCUT2D eigenvalue weighted by Gasteiger charge is -2.38. The van der Waals surface area contributed by atoms with E-state index in [-0.39, 0.29) is 12.0 Å². The predicted molar refractivity (Wildman–Crippen MR) is 117 cm³/mol. The Hall–Kier alpha value is -2.27. The van der Waals surface area contributed by atoms with E-state index in [2.05, 4.69) is 20.2 Å². The number of hydrogen-bond donors (Lipinski definition) is 2. The van der Waals surface area contributed by atoms with Crippen LogP contribution in [0.2, 0.25) is 0 Å². The number of carbonyl (C=O) groups excluding carboxylic acids is 1. The third-order valence-corrected chi connectivity index (χ3v) is 6.81. The summed E-state index contributed by atoms with van der Waals surface area (Å²) in [5, 5.41) is 10.1. The molecule has 8 nitrogen and oxygen atoms in total. The molecule has 190 valence electrons. The molecule has 11 heteroatoms. The van der Waals surface area contributed by atoms with Gasteiger partial charge >= 0.3 is 12.1 Å². The Balaban J connectivity index is 0.000000406. The molecule has 3 atom stereocenters. The number of hydrogen-bond acceptors (Lipinski definition) is 6. The minimum Gasteiger partial charge on any atom is -0.475 e. The standard InChI is InChI=1S/C21H32N4O2.C2HF3O2/c26-21(24-12-20-22-8-4-9-23-20)11-19-18-7-10-25(14-17(18)15-27-19)13-16-5-2-1-3-6-16;3-2(4,5)1(6)7/h4,8-9,16-19H,1-3,5-7,10-15H2,(H,24,26);(H,6,7)/t17-,18-,19+;/m1./s1. The number of fused-ring (bicyclic) bond motifs is 1. The number of alkyl halides is 3. The van der Waals surface area contributed by atoms with E-state index in [1.807, 2.05) is 0 Å². The Bertz CT molecular complexity index is 790. The Morgan fingerprint density at radius 1 is 1.15 bits per heavy atom. The highest BCUT2D eigenvalue weighted by Gasteiger charge is 2.41. The molecule has 1 saturated carbocycles. The predicted octanol–water partition coefficient (Wildman–Crippen LogP) is 3.03. The van der Waals surface area contributed by atoms with E-state index in [1.54, 1.807) is 18.5 Å². The Morgan fingerprint density at radius 3 is 2.47 bits per heavy atom. The Morgan fingerprint density at radius 2 is 1.82 bits per heavy atom. The number of nitrogens with one attached hydrogen (secondary N) is 1. The van der Waals surface area contributed by atoms with E-state index >= 15 is 0 Å². The van der Waals surface area contributed by atoms with Crippen LogP contribution in [0.4, 0.5) is 13.2 Å². The number of carboxylic acids is 1. The van der Waals surface area contributed by atoms with E-state index in [9.17, 15) is 18.0 Å². The van der Waals surface area contributed by atoms with Crippen LogP contribution < -0.4 is 5.32 Å². The van der Waals surface area contributed by atoms with Gasteiger partial charge in [0.05, 0.1) is 25.7 Å². The summed E-state index contributed by atoms with van der Waals surface area (Å²) in [6.07, 6.45) is 7.08. The quantitative estimate of drug-likeness (QED) is 0.637. The van der Waals surface area contributed by atoms with Crippen LogP contribution >= 0.6 is 0 Å². The number of nitrogens with zero attached hydrogens (tertiary/aromatic N) is 3. The first-order valence-electron chi connectivity index (χ1n) is 11.9. The van der Waals surface area contributed by atoms with E-state index in [0.717, 1.165) is 32.0 Å². The molecule has 3 heterocycles. The van der Waals surface area contributed by atoms with Crippen molar-refractivity contribution in [3.05, 3.63) is 24.3 Å². The molecule has 0 radical (unpaired) electrons. The van der Waals surface area contributed by atoms with Gasteiger partial charge in [0, 0.05) is 31.4 Å². The average molecular weight is 487 g/mol. The number of rotatable bonds is 6. The molecule has 0 aromatic carbocycles. The van der Waals surface area contributed by atoms with Crippen molar-refractivity contribution >= 4 is 11.9 Å². The molecule has 3 aliphatic rings. The number of carbonyl (C=O) groups is 2. The average Bonchev–Trinajstić information content (AvgIpc) is 3.20. The molecule has 1 aliphatic carbocycles. The van der Waals surface area contributed by atoms with Crippen molar-refractivity contribution in [2.24, 2.45) is 17.8 Å². The number of aromatic nitrogens is 2. The first-order chi connectivity index (χ1) is 16.2. The van der Waals surface area contributed by atoms with Crippen molar-refractivity contribution in [3.8, 4) is 0 Å². The second-order valence-electron chi connectivity index (χ2n) is 9.30. The molecule has 0 unspecified atom stereocenters. The Kier molecular flexibility index (Phi) is 9.63. The highest BCUT2D eigenvalue weighted by atomic mass is 19.4. The van der Waals surface area contributed by atoms with Crippen molar-refractivity contribution in [2.75, 3.05) is 26.2 Å².